The van der Waals surface area contributed by atoms with Crippen LogP contribution in [0.5, 0.6) is 0 Å². The van der Waals surface area contributed by atoms with E-state index in [1.54, 1.807) is 11.8 Å². The Bertz CT molecular complexity index is 693. The van der Waals surface area contributed by atoms with Gasteiger partial charge in [-0.15, -0.1) is 11.8 Å². The highest BCUT2D eigenvalue weighted by molar-refractivity contribution is 8.04. The van der Waals surface area contributed by atoms with Crippen LogP contribution in [0.15, 0.2) is 35.2 Å². The van der Waals surface area contributed by atoms with Gasteiger partial charge in [0, 0.05) is 23.8 Å². The van der Waals surface area contributed by atoms with Crippen LogP contribution in [-0.2, 0) is 9.59 Å². The van der Waals surface area contributed by atoms with Crippen molar-refractivity contribution in [3.63, 3.8) is 0 Å². The second-order valence-electron chi connectivity index (χ2n) is 7.42. The Morgan fingerprint density at radius 1 is 1.29 bits per heavy atom. The lowest BCUT2D eigenvalue weighted by molar-refractivity contribution is -0.127. The Labute approximate surface area is 176 Å². The van der Waals surface area contributed by atoms with E-state index in [1.807, 2.05) is 48.2 Å². The van der Waals surface area contributed by atoms with E-state index < -0.39 is 0 Å². The van der Waals surface area contributed by atoms with Gasteiger partial charge in [0.2, 0.25) is 5.91 Å². The molecule has 152 valence electrons. The highest BCUT2D eigenvalue weighted by Crippen LogP contribution is 2.39. The second kappa shape index (κ2) is 11.0. The zero-order chi connectivity index (χ0) is 19.8. The number of carbonyl (C=O) groups excluding carboxylic acids is 2. The Balaban J connectivity index is 1.47. The van der Waals surface area contributed by atoms with Gasteiger partial charge >= 0.3 is 0 Å². The molecule has 0 aromatic heterocycles. The summed E-state index contributed by atoms with van der Waals surface area (Å²) in [5.74, 6) is 2.46. The average molecular weight is 419 g/mol. The normalized spacial score (nSPS) is 25.8. The van der Waals surface area contributed by atoms with Crippen molar-refractivity contribution >= 4 is 41.4 Å². The molecule has 3 atom stereocenters. The van der Waals surface area contributed by atoms with E-state index in [9.17, 15) is 9.59 Å². The molecule has 1 aromatic rings. The number of nitrogens with one attached hydrogen (secondary N) is 2. The van der Waals surface area contributed by atoms with Gasteiger partial charge in [0.25, 0.3) is 5.91 Å². The topological polar surface area (TPSA) is 58.2 Å². The molecule has 1 aromatic carbocycles. The molecule has 0 bridgehead atoms. The van der Waals surface area contributed by atoms with Crippen molar-refractivity contribution in [1.29, 1.82) is 0 Å². The molecule has 1 saturated heterocycles. The second-order valence-corrected chi connectivity index (χ2v) is 9.93. The Morgan fingerprint density at radius 2 is 2.11 bits per heavy atom. The lowest BCUT2D eigenvalue weighted by Crippen LogP contribution is -2.51. The third-order valence-electron chi connectivity index (χ3n) is 5.19. The summed E-state index contributed by atoms with van der Waals surface area (Å²) in [6.45, 7) is 2.94. The number of thioether (sulfide) groups is 2. The van der Waals surface area contributed by atoms with Gasteiger partial charge in [0.15, 0.2) is 0 Å². The van der Waals surface area contributed by atoms with Crippen molar-refractivity contribution in [2.24, 2.45) is 5.92 Å². The van der Waals surface area contributed by atoms with Gasteiger partial charge in [-0.3, -0.25) is 9.59 Å². The first kappa shape index (κ1) is 21.3. The average Bonchev–Trinajstić information content (AvgIpc) is 2.71. The molecule has 3 unspecified atom stereocenters. The number of hydrogen-bond acceptors (Lipinski definition) is 4. The minimum absolute atomic E-state index is 0.0101. The summed E-state index contributed by atoms with van der Waals surface area (Å²) in [4.78, 5) is 25.8. The van der Waals surface area contributed by atoms with E-state index in [-0.39, 0.29) is 23.8 Å². The van der Waals surface area contributed by atoms with Crippen molar-refractivity contribution in [1.82, 2.24) is 10.6 Å². The molecule has 28 heavy (non-hydrogen) atoms. The maximum Gasteiger partial charge on any atom is 0.257 e. The first-order valence-electron chi connectivity index (χ1n) is 10.3. The van der Waals surface area contributed by atoms with E-state index >= 15 is 0 Å². The monoisotopic (exact) mass is 418 g/mol. The zero-order valence-electron chi connectivity index (χ0n) is 16.5. The Morgan fingerprint density at radius 3 is 2.89 bits per heavy atom. The van der Waals surface area contributed by atoms with Gasteiger partial charge in [0.1, 0.15) is 0 Å². The van der Waals surface area contributed by atoms with Crippen LogP contribution in [0.25, 0.3) is 6.08 Å². The van der Waals surface area contributed by atoms with Crippen LogP contribution in [0.4, 0.5) is 0 Å². The Hall–Kier alpha value is -1.40. The molecular formula is C22H30N2O2S2. The van der Waals surface area contributed by atoms with Gasteiger partial charge in [-0.25, -0.2) is 0 Å². The minimum Gasteiger partial charge on any atom is -0.356 e. The predicted octanol–water partition coefficient (Wildman–Crippen LogP) is 4.08. The quantitative estimate of drug-likeness (QED) is 0.493. The summed E-state index contributed by atoms with van der Waals surface area (Å²) in [5, 5.41) is 6.61. The third kappa shape index (κ3) is 6.05. The van der Waals surface area contributed by atoms with Crippen LogP contribution in [0.1, 0.15) is 44.6 Å². The van der Waals surface area contributed by atoms with E-state index in [0.717, 1.165) is 48.4 Å². The maximum absolute atomic E-state index is 12.5. The maximum atomic E-state index is 12.5. The first-order valence-corrected chi connectivity index (χ1v) is 12.3. The lowest BCUT2D eigenvalue weighted by Gasteiger charge is -2.39. The van der Waals surface area contributed by atoms with E-state index in [4.69, 9.17) is 0 Å². The summed E-state index contributed by atoms with van der Waals surface area (Å²) >= 11 is 3.63. The fraction of sp³-hybridized carbons (Fsp3) is 0.545. The zero-order valence-corrected chi connectivity index (χ0v) is 18.1. The minimum atomic E-state index is -0.0101. The van der Waals surface area contributed by atoms with Gasteiger partial charge in [-0.05, 0) is 55.2 Å². The van der Waals surface area contributed by atoms with Crippen molar-refractivity contribution in [3.05, 3.63) is 40.8 Å². The summed E-state index contributed by atoms with van der Waals surface area (Å²) in [6.07, 6.45) is 6.80. The van der Waals surface area contributed by atoms with Crippen molar-refractivity contribution in [2.75, 3.05) is 18.1 Å². The molecule has 2 amide bonds. The summed E-state index contributed by atoms with van der Waals surface area (Å²) < 4.78 is 0. The summed E-state index contributed by atoms with van der Waals surface area (Å²) in [7, 11) is 0. The molecule has 3 rings (SSSR count). The molecular weight excluding hydrogens is 388 g/mol. The molecule has 6 heteroatoms. The standard InChI is InChI=1S/C22H30N2O2S2/c1-2-12-27-13-6-11-23-21(25)17-9-10-19-18(15-17)24-22(26)20(28-19)14-16-7-4-3-5-8-16/h3-5,7-8,14,17-19H,2,6,9-13,15H2,1H3,(H,23,25)(H,24,26)/b20-14-. The van der Waals surface area contributed by atoms with Gasteiger partial charge in [-0.1, -0.05) is 37.3 Å². The lowest BCUT2D eigenvalue weighted by atomic mass is 9.84. The van der Waals surface area contributed by atoms with Crippen LogP contribution in [0, 0.1) is 5.92 Å². The SMILES string of the molecule is CCCSCCCNC(=O)C1CCC2S/C(=C\c3ccccc3)C(=O)NC2C1. The molecule has 1 aliphatic heterocycles. The van der Waals surface area contributed by atoms with Gasteiger partial charge < -0.3 is 10.6 Å². The van der Waals surface area contributed by atoms with Crippen LogP contribution in [-0.4, -0.2) is 41.2 Å². The molecule has 0 spiro atoms. The molecule has 1 saturated carbocycles. The molecule has 1 heterocycles. The number of benzene rings is 1. The largest absolute Gasteiger partial charge is 0.356 e. The van der Waals surface area contributed by atoms with Crippen molar-refractivity contribution in [2.45, 2.75) is 50.3 Å². The van der Waals surface area contributed by atoms with Crippen molar-refractivity contribution in [3.8, 4) is 0 Å². The van der Waals surface area contributed by atoms with Crippen LogP contribution in [0.3, 0.4) is 0 Å². The molecule has 2 aliphatic rings. The summed E-state index contributed by atoms with van der Waals surface area (Å²) in [6, 6.07) is 10.0. The van der Waals surface area contributed by atoms with E-state index in [1.165, 1.54) is 12.2 Å². The number of fused-ring (bicyclic) bond motifs is 1. The number of rotatable bonds is 8. The van der Waals surface area contributed by atoms with Crippen LogP contribution in [0.2, 0.25) is 0 Å². The smallest absolute Gasteiger partial charge is 0.257 e. The fourth-order valence-electron chi connectivity index (χ4n) is 3.71. The van der Waals surface area contributed by atoms with E-state index in [0.29, 0.717) is 5.25 Å². The highest BCUT2D eigenvalue weighted by Gasteiger charge is 2.39. The Kier molecular flexibility index (Phi) is 8.34. The molecule has 2 fully saturated rings. The molecule has 0 radical (unpaired) electrons. The molecule has 2 N–H and O–H groups in total. The summed E-state index contributed by atoms with van der Waals surface area (Å²) in [5.41, 5.74) is 1.05. The molecule has 4 nitrogen and oxygen atoms in total. The predicted molar refractivity (Wildman–Crippen MR) is 120 cm³/mol. The van der Waals surface area contributed by atoms with E-state index in [2.05, 4.69) is 17.6 Å². The number of amides is 2. The third-order valence-corrected chi connectivity index (χ3v) is 7.89. The molecule has 1 aliphatic carbocycles. The van der Waals surface area contributed by atoms with Crippen molar-refractivity contribution < 1.29 is 9.59 Å². The number of carbonyl (C=O) groups is 2. The highest BCUT2D eigenvalue weighted by atomic mass is 32.2. The van der Waals surface area contributed by atoms with Gasteiger partial charge in [-0.2, -0.15) is 11.8 Å². The van der Waals surface area contributed by atoms with Crippen LogP contribution < -0.4 is 10.6 Å². The number of hydrogen-bond donors (Lipinski definition) is 2. The van der Waals surface area contributed by atoms with Gasteiger partial charge in [0.05, 0.1) is 4.91 Å². The first-order chi connectivity index (χ1) is 13.7. The van der Waals surface area contributed by atoms with Crippen LogP contribution >= 0.6 is 23.5 Å². The fourth-order valence-corrected chi connectivity index (χ4v) is 5.84.